The number of hydrogen-bond donors (Lipinski definition) is 2. The number of ketones is 1. The van der Waals surface area contributed by atoms with E-state index in [2.05, 4.69) is 27.8 Å². The molecule has 0 aliphatic rings. The van der Waals surface area contributed by atoms with Gasteiger partial charge in [-0.15, -0.1) is 21.5 Å². The van der Waals surface area contributed by atoms with E-state index in [-0.39, 0.29) is 18.4 Å². The summed E-state index contributed by atoms with van der Waals surface area (Å²) in [7, 11) is 0. The number of benzene rings is 2. The highest BCUT2D eigenvalue weighted by Crippen LogP contribution is 2.30. The Kier molecular flexibility index (Phi) is 6.65. The van der Waals surface area contributed by atoms with Crippen molar-refractivity contribution >= 4 is 28.8 Å². The number of urea groups is 1. The number of carbonyl (C=O) groups excluding carboxylic acids is 2. The fourth-order valence-corrected chi connectivity index (χ4v) is 4.68. The Bertz CT molecular complexity index is 1290. The normalized spacial score (nSPS) is 10.8. The number of aromatic nitrogens is 3. The van der Waals surface area contributed by atoms with Gasteiger partial charge in [0, 0.05) is 16.1 Å². The Morgan fingerprint density at radius 3 is 2.52 bits per heavy atom. The van der Waals surface area contributed by atoms with Crippen molar-refractivity contribution in [1.82, 2.24) is 20.1 Å². The average Bonchev–Trinajstić information content (AvgIpc) is 3.40. The van der Waals surface area contributed by atoms with Gasteiger partial charge >= 0.3 is 6.03 Å². The summed E-state index contributed by atoms with van der Waals surface area (Å²) in [6.45, 7) is 6.03. The summed E-state index contributed by atoms with van der Waals surface area (Å²) >= 11 is 1.54. The van der Waals surface area contributed by atoms with Crippen molar-refractivity contribution < 1.29 is 9.59 Å². The van der Waals surface area contributed by atoms with Crippen LogP contribution in [-0.2, 0) is 13.0 Å². The summed E-state index contributed by atoms with van der Waals surface area (Å²) in [4.78, 5) is 26.8. The maximum absolute atomic E-state index is 13.3. The third-order valence-corrected chi connectivity index (χ3v) is 6.44. The summed E-state index contributed by atoms with van der Waals surface area (Å²) in [5.41, 5.74) is 3.01. The Hall–Kier alpha value is -3.78. The van der Waals surface area contributed by atoms with E-state index in [1.54, 1.807) is 11.3 Å². The highest BCUT2D eigenvalue weighted by atomic mass is 32.1. The molecular weight excluding hydrogens is 434 g/mol. The molecule has 2 N–H and O–H groups in total. The molecular formula is C25H25N5O2S. The summed E-state index contributed by atoms with van der Waals surface area (Å²) in [5, 5.41) is 14.9. The molecule has 0 aliphatic heterocycles. The molecule has 168 valence electrons. The second-order valence-electron chi connectivity index (χ2n) is 7.66. The molecule has 0 saturated heterocycles. The van der Waals surface area contributed by atoms with Gasteiger partial charge in [-0.1, -0.05) is 49.4 Å². The predicted molar refractivity (Wildman–Crippen MR) is 130 cm³/mol. The van der Waals surface area contributed by atoms with E-state index in [1.807, 2.05) is 79.1 Å². The van der Waals surface area contributed by atoms with Crippen LogP contribution in [0, 0.1) is 13.8 Å². The summed E-state index contributed by atoms with van der Waals surface area (Å²) < 4.78 is 1.85. The molecule has 8 heteroatoms. The van der Waals surface area contributed by atoms with Crippen LogP contribution in [0.15, 0.2) is 60.7 Å². The molecule has 0 unspecified atom stereocenters. The number of aryl methyl sites for hydroxylation is 3. The van der Waals surface area contributed by atoms with E-state index in [9.17, 15) is 9.59 Å². The first-order valence-electron chi connectivity index (χ1n) is 10.7. The van der Waals surface area contributed by atoms with Crippen molar-refractivity contribution in [1.29, 1.82) is 0 Å². The van der Waals surface area contributed by atoms with Crippen molar-refractivity contribution in [3.05, 3.63) is 93.9 Å². The Morgan fingerprint density at radius 2 is 1.79 bits per heavy atom. The van der Waals surface area contributed by atoms with Gasteiger partial charge in [-0.25, -0.2) is 4.79 Å². The Labute approximate surface area is 196 Å². The van der Waals surface area contributed by atoms with E-state index in [0.29, 0.717) is 28.5 Å². The van der Waals surface area contributed by atoms with Crippen molar-refractivity contribution in [2.45, 2.75) is 33.7 Å². The average molecular weight is 460 g/mol. The van der Waals surface area contributed by atoms with E-state index in [1.165, 1.54) is 0 Å². The molecule has 0 radical (unpaired) electrons. The van der Waals surface area contributed by atoms with Gasteiger partial charge in [0.2, 0.25) is 0 Å². The zero-order chi connectivity index (χ0) is 23.4. The van der Waals surface area contributed by atoms with Crippen LogP contribution in [0.5, 0.6) is 0 Å². The third kappa shape index (κ3) is 5.01. The molecule has 4 rings (SSSR count). The monoisotopic (exact) mass is 459 g/mol. The van der Waals surface area contributed by atoms with Crippen molar-refractivity contribution in [2.24, 2.45) is 0 Å². The number of nitrogens with one attached hydrogen (secondary N) is 2. The van der Waals surface area contributed by atoms with Crippen LogP contribution in [0.4, 0.5) is 10.5 Å². The van der Waals surface area contributed by atoms with Gasteiger partial charge in [0.1, 0.15) is 10.8 Å². The number of thiophene rings is 1. The van der Waals surface area contributed by atoms with Crippen LogP contribution >= 0.6 is 11.3 Å². The van der Waals surface area contributed by atoms with E-state index in [0.717, 1.165) is 21.9 Å². The summed E-state index contributed by atoms with van der Waals surface area (Å²) in [6.07, 6.45) is 0.813. The van der Waals surface area contributed by atoms with E-state index >= 15 is 0 Å². The lowest BCUT2D eigenvalue weighted by Gasteiger charge is -2.11. The molecule has 0 spiro atoms. The lowest BCUT2D eigenvalue weighted by Crippen LogP contribution is -2.29. The maximum atomic E-state index is 13.3. The number of rotatable bonds is 7. The summed E-state index contributed by atoms with van der Waals surface area (Å²) in [6, 6.07) is 18.4. The SMILES string of the molecule is CCc1cc(C(=O)c2ccccc2)c(-n2c(C)nnc2CNC(=O)Nc2cccc(C)c2)s1. The van der Waals surface area contributed by atoms with Crippen molar-refractivity contribution in [3.63, 3.8) is 0 Å². The quantitative estimate of drug-likeness (QED) is 0.378. The maximum Gasteiger partial charge on any atom is 0.319 e. The number of nitrogens with zero attached hydrogens (tertiary/aromatic N) is 3. The van der Waals surface area contributed by atoms with Crippen LogP contribution in [0.1, 0.15) is 44.9 Å². The number of carbonyl (C=O) groups is 2. The number of anilines is 1. The standard InChI is InChI=1S/C25H25N5O2S/c1-4-20-14-21(23(31)18-10-6-5-7-11-18)24(33-20)30-17(3)28-29-22(30)15-26-25(32)27-19-12-8-9-16(2)13-19/h5-14H,4,15H2,1-3H3,(H2,26,27,32). The number of amides is 2. The van der Waals surface area contributed by atoms with Crippen LogP contribution in [-0.4, -0.2) is 26.6 Å². The first-order valence-corrected chi connectivity index (χ1v) is 11.5. The van der Waals surface area contributed by atoms with Gasteiger partial charge in [0.25, 0.3) is 0 Å². The second kappa shape index (κ2) is 9.79. The molecule has 0 atom stereocenters. The number of hydrogen-bond acceptors (Lipinski definition) is 5. The van der Waals surface area contributed by atoms with Gasteiger partial charge in [-0.05, 0) is 44.0 Å². The van der Waals surface area contributed by atoms with Crippen LogP contribution in [0.3, 0.4) is 0 Å². The zero-order valence-electron chi connectivity index (χ0n) is 18.8. The molecule has 2 amide bonds. The topological polar surface area (TPSA) is 88.9 Å². The van der Waals surface area contributed by atoms with Gasteiger partial charge in [0.05, 0.1) is 12.1 Å². The van der Waals surface area contributed by atoms with E-state index in [4.69, 9.17) is 0 Å². The van der Waals surface area contributed by atoms with E-state index < -0.39 is 0 Å². The highest BCUT2D eigenvalue weighted by molar-refractivity contribution is 7.15. The van der Waals surface area contributed by atoms with Crippen LogP contribution in [0.25, 0.3) is 5.00 Å². The second-order valence-corrected chi connectivity index (χ2v) is 8.77. The smallest absolute Gasteiger partial charge is 0.319 e. The molecule has 0 aliphatic carbocycles. The fourth-order valence-electron chi connectivity index (χ4n) is 3.52. The molecule has 7 nitrogen and oxygen atoms in total. The molecule has 4 aromatic rings. The summed E-state index contributed by atoms with van der Waals surface area (Å²) in [5.74, 6) is 1.15. The van der Waals surface area contributed by atoms with Crippen LogP contribution < -0.4 is 10.6 Å². The first kappa shape index (κ1) is 22.4. The van der Waals surface area contributed by atoms with Gasteiger partial charge in [-0.3, -0.25) is 9.36 Å². The molecule has 2 aromatic carbocycles. The van der Waals surface area contributed by atoms with Crippen LogP contribution in [0.2, 0.25) is 0 Å². The fraction of sp³-hybridized carbons (Fsp3) is 0.200. The molecule has 33 heavy (non-hydrogen) atoms. The molecule has 0 saturated carbocycles. The van der Waals surface area contributed by atoms with Crippen molar-refractivity contribution in [3.8, 4) is 5.00 Å². The molecule has 0 bridgehead atoms. The lowest BCUT2D eigenvalue weighted by atomic mass is 10.0. The molecule has 2 aromatic heterocycles. The Balaban J connectivity index is 1.59. The Morgan fingerprint density at radius 1 is 1.00 bits per heavy atom. The largest absolute Gasteiger partial charge is 0.331 e. The van der Waals surface area contributed by atoms with Gasteiger partial charge < -0.3 is 10.6 Å². The first-order chi connectivity index (χ1) is 16.0. The van der Waals surface area contributed by atoms with Gasteiger partial charge in [0.15, 0.2) is 11.6 Å². The molecule has 2 heterocycles. The lowest BCUT2D eigenvalue weighted by molar-refractivity contribution is 0.103. The minimum Gasteiger partial charge on any atom is -0.331 e. The minimum absolute atomic E-state index is 0.0502. The minimum atomic E-state index is -0.339. The van der Waals surface area contributed by atoms with Crippen molar-refractivity contribution in [2.75, 3.05) is 5.32 Å². The zero-order valence-corrected chi connectivity index (χ0v) is 19.6. The highest BCUT2D eigenvalue weighted by Gasteiger charge is 2.22. The molecule has 0 fully saturated rings. The predicted octanol–water partition coefficient (Wildman–Crippen LogP) is 5.06. The third-order valence-electron chi connectivity index (χ3n) is 5.17. The van der Waals surface area contributed by atoms with Gasteiger partial charge in [-0.2, -0.15) is 0 Å².